The van der Waals surface area contributed by atoms with Crippen molar-refractivity contribution in [3.8, 4) is 0 Å². The molecule has 0 radical (unpaired) electrons. The lowest BCUT2D eigenvalue weighted by atomic mass is 10.2. The van der Waals surface area contributed by atoms with Gasteiger partial charge in [0.2, 0.25) is 5.82 Å². The number of aromatic nitrogens is 1. The first-order valence-corrected chi connectivity index (χ1v) is 8.35. The highest BCUT2D eigenvalue weighted by molar-refractivity contribution is 6.30. The maximum absolute atomic E-state index is 11.6. The minimum Gasteiger partial charge on any atom is -0.465 e. The molecule has 2 heterocycles. The number of piperazine rings is 1. The maximum Gasteiger partial charge on any atom is 0.339 e. The molecule has 1 aromatic carbocycles. The van der Waals surface area contributed by atoms with Gasteiger partial charge in [-0.3, -0.25) is 10.1 Å². The highest BCUT2D eigenvalue weighted by Gasteiger charge is 2.27. The summed E-state index contributed by atoms with van der Waals surface area (Å²) in [6.45, 7) is 2.54. The Hall–Kier alpha value is -2.87. The highest BCUT2D eigenvalue weighted by Crippen LogP contribution is 2.28. The number of anilines is 2. The standard InChI is InChI=1S/C17H17ClN4O4/c1-26-17(23)12-10-15(22(24)25)16(19-11-12)21-8-6-20(7-9-21)14-4-2-13(18)3-5-14/h2-5,10-11H,6-9H2,1H3. The molecular formula is C17H17ClN4O4. The average molecular weight is 377 g/mol. The van der Waals surface area contributed by atoms with E-state index in [1.54, 1.807) is 0 Å². The van der Waals surface area contributed by atoms with Crippen LogP contribution in [0.2, 0.25) is 5.02 Å². The van der Waals surface area contributed by atoms with Gasteiger partial charge in [-0.2, -0.15) is 0 Å². The van der Waals surface area contributed by atoms with E-state index in [9.17, 15) is 14.9 Å². The van der Waals surface area contributed by atoms with Crippen LogP contribution in [0.15, 0.2) is 36.5 Å². The molecule has 0 spiro atoms. The molecule has 26 heavy (non-hydrogen) atoms. The van der Waals surface area contributed by atoms with Crippen LogP contribution < -0.4 is 9.80 Å². The first-order chi connectivity index (χ1) is 12.5. The van der Waals surface area contributed by atoms with Gasteiger partial charge in [0.25, 0.3) is 0 Å². The van der Waals surface area contributed by atoms with Gasteiger partial charge >= 0.3 is 11.7 Å². The van der Waals surface area contributed by atoms with Crippen LogP contribution >= 0.6 is 11.6 Å². The molecule has 2 aromatic rings. The number of ether oxygens (including phenoxy) is 1. The largest absolute Gasteiger partial charge is 0.465 e. The monoisotopic (exact) mass is 376 g/mol. The Bertz CT molecular complexity index is 820. The summed E-state index contributed by atoms with van der Waals surface area (Å²) in [5.74, 6) is -0.391. The lowest BCUT2D eigenvalue weighted by Gasteiger charge is -2.36. The van der Waals surface area contributed by atoms with Gasteiger partial charge in [0.15, 0.2) is 0 Å². The Morgan fingerprint density at radius 1 is 1.19 bits per heavy atom. The van der Waals surface area contributed by atoms with Crippen LogP contribution in [0.1, 0.15) is 10.4 Å². The molecule has 1 saturated heterocycles. The Kier molecular flexibility index (Phi) is 5.22. The minimum atomic E-state index is -0.653. The molecule has 1 aliphatic rings. The van der Waals surface area contributed by atoms with Gasteiger partial charge in [-0.05, 0) is 24.3 Å². The van der Waals surface area contributed by atoms with E-state index in [-0.39, 0.29) is 17.1 Å². The molecular weight excluding hydrogens is 360 g/mol. The van der Waals surface area contributed by atoms with Crippen LogP contribution in [-0.2, 0) is 4.74 Å². The van der Waals surface area contributed by atoms with E-state index in [1.807, 2.05) is 29.2 Å². The van der Waals surface area contributed by atoms with Crippen LogP contribution in [0.5, 0.6) is 0 Å². The number of nitrogens with zero attached hydrogens (tertiary/aromatic N) is 4. The number of nitro groups is 1. The van der Waals surface area contributed by atoms with E-state index in [4.69, 9.17) is 11.6 Å². The number of hydrogen-bond donors (Lipinski definition) is 0. The van der Waals surface area contributed by atoms with Gasteiger partial charge in [0, 0.05) is 49.2 Å². The molecule has 1 aromatic heterocycles. The zero-order valence-corrected chi connectivity index (χ0v) is 14.8. The number of esters is 1. The summed E-state index contributed by atoms with van der Waals surface area (Å²) in [4.78, 5) is 30.7. The fourth-order valence-electron chi connectivity index (χ4n) is 2.88. The van der Waals surface area contributed by atoms with E-state index < -0.39 is 10.9 Å². The summed E-state index contributed by atoms with van der Waals surface area (Å²) < 4.78 is 4.60. The number of pyridine rings is 1. The Labute approximate surface area is 155 Å². The molecule has 1 aliphatic heterocycles. The smallest absolute Gasteiger partial charge is 0.339 e. The average Bonchev–Trinajstić information content (AvgIpc) is 2.67. The maximum atomic E-state index is 11.6. The van der Waals surface area contributed by atoms with Crippen molar-refractivity contribution in [2.75, 3.05) is 43.1 Å². The predicted molar refractivity (Wildman–Crippen MR) is 98.1 cm³/mol. The van der Waals surface area contributed by atoms with E-state index in [0.717, 1.165) is 5.69 Å². The quantitative estimate of drug-likeness (QED) is 0.460. The zero-order valence-electron chi connectivity index (χ0n) is 14.1. The summed E-state index contributed by atoms with van der Waals surface area (Å²) in [7, 11) is 1.22. The molecule has 0 amide bonds. The Balaban J connectivity index is 1.77. The van der Waals surface area contributed by atoms with Crippen molar-refractivity contribution in [1.29, 1.82) is 0 Å². The van der Waals surface area contributed by atoms with Crippen LogP contribution in [-0.4, -0.2) is 49.2 Å². The summed E-state index contributed by atoms with van der Waals surface area (Å²) >= 11 is 5.91. The minimum absolute atomic E-state index is 0.0581. The van der Waals surface area contributed by atoms with Gasteiger partial charge in [0.1, 0.15) is 0 Å². The second-order valence-corrected chi connectivity index (χ2v) is 6.20. The third kappa shape index (κ3) is 3.70. The first-order valence-electron chi connectivity index (χ1n) is 7.98. The summed E-state index contributed by atoms with van der Waals surface area (Å²) in [5.41, 5.74) is 0.910. The molecule has 1 fully saturated rings. The summed E-state index contributed by atoms with van der Waals surface area (Å²) in [5, 5.41) is 12.1. The molecule has 136 valence electrons. The highest BCUT2D eigenvalue weighted by atomic mass is 35.5. The molecule has 0 aliphatic carbocycles. The molecule has 0 unspecified atom stereocenters. The van der Waals surface area contributed by atoms with Crippen molar-refractivity contribution in [3.63, 3.8) is 0 Å². The SMILES string of the molecule is COC(=O)c1cnc(N2CCN(c3ccc(Cl)cc3)CC2)c([N+](=O)[O-])c1. The number of carbonyl (C=O) groups is 1. The van der Waals surface area contributed by atoms with E-state index in [1.165, 1.54) is 19.4 Å². The normalized spacial score (nSPS) is 14.2. The van der Waals surface area contributed by atoms with Gasteiger partial charge in [-0.25, -0.2) is 9.78 Å². The van der Waals surface area contributed by atoms with E-state index in [2.05, 4.69) is 14.6 Å². The van der Waals surface area contributed by atoms with Gasteiger partial charge in [0.05, 0.1) is 17.6 Å². The van der Waals surface area contributed by atoms with Gasteiger partial charge in [-0.15, -0.1) is 0 Å². The predicted octanol–water partition coefficient (Wildman–Crippen LogP) is 2.76. The summed E-state index contributed by atoms with van der Waals surface area (Å²) in [6.07, 6.45) is 1.31. The number of halogens is 1. The second kappa shape index (κ2) is 7.57. The zero-order chi connectivity index (χ0) is 18.7. The number of benzene rings is 1. The molecule has 3 rings (SSSR count). The fourth-order valence-corrected chi connectivity index (χ4v) is 3.01. The van der Waals surface area contributed by atoms with Crippen molar-refractivity contribution in [2.45, 2.75) is 0 Å². The van der Waals surface area contributed by atoms with Crippen molar-refractivity contribution in [3.05, 3.63) is 57.2 Å². The topological polar surface area (TPSA) is 88.8 Å². The molecule has 0 atom stereocenters. The third-order valence-corrected chi connectivity index (χ3v) is 4.49. The molecule has 0 saturated carbocycles. The Morgan fingerprint density at radius 3 is 2.38 bits per heavy atom. The van der Waals surface area contributed by atoms with Crippen molar-refractivity contribution in [2.24, 2.45) is 0 Å². The van der Waals surface area contributed by atoms with Gasteiger partial charge < -0.3 is 14.5 Å². The van der Waals surface area contributed by atoms with Crippen LogP contribution in [0.4, 0.5) is 17.2 Å². The molecule has 0 bridgehead atoms. The number of methoxy groups -OCH3 is 1. The first kappa shape index (κ1) is 17.9. The van der Waals surface area contributed by atoms with Crippen LogP contribution in [0.3, 0.4) is 0 Å². The second-order valence-electron chi connectivity index (χ2n) is 5.77. The van der Waals surface area contributed by atoms with E-state index >= 15 is 0 Å². The number of carbonyl (C=O) groups excluding carboxylic acids is 1. The third-order valence-electron chi connectivity index (χ3n) is 4.24. The Morgan fingerprint density at radius 2 is 1.81 bits per heavy atom. The lowest BCUT2D eigenvalue weighted by molar-refractivity contribution is -0.384. The van der Waals surface area contributed by atoms with E-state index in [0.29, 0.717) is 31.2 Å². The summed E-state index contributed by atoms with van der Waals surface area (Å²) in [6, 6.07) is 8.77. The lowest BCUT2D eigenvalue weighted by Crippen LogP contribution is -2.47. The molecule has 0 N–H and O–H groups in total. The van der Waals surface area contributed by atoms with Crippen molar-refractivity contribution in [1.82, 2.24) is 4.98 Å². The fraction of sp³-hybridized carbons (Fsp3) is 0.294. The molecule has 9 heteroatoms. The van der Waals surface area contributed by atoms with Crippen LogP contribution in [0.25, 0.3) is 0 Å². The van der Waals surface area contributed by atoms with Crippen LogP contribution in [0, 0.1) is 10.1 Å². The number of hydrogen-bond acceptors (Lipinski definition) is 7. The molecule has 8 nitrogen and oxygen atoms in total. The number of rotatable bonds is 4. The van der Waals surface area contributed by atoms with Crippen molar-refractivity contribution < 1.29 is 14.5 Å². The van der Waals surface area contributed by atoms with Gasteiger partial charge in [-0.1, -0.05) is 11.6 Å². The van der Waals surface area contributed by atoms with Crippen molar-refractivity contribution >= 4 is 34.8 Å².